The summed E-state index contributed by atoms with van der Waals surface area (Å²) >= 11 is 0. The number of hydrogen-bond donors (Lipinski definition) is 0. The molecule has 0 heteroatoms. The minimum absolute atomic E-state index is 0.118. The van der Waals surface area contributed by atoms with Crippen molar-refractivity contribution < 1.29 is 0 Å². The highest BCUT2D eigenvalue weighted by molar-refractivity contribution is 6.34. The van der Waals surface area contributed by atoms with Crippen LogP contribution in [0.1, 0.15) is 67.5 Å². The van der Waals surface area contributed by atoms with Crippen molar-refractivity contribution in [1.82, 2.24) is 0 Å². The van der Waals surface area contributed by atoms with Gasteiger partial charge >= 0.3 is 0 Å². The molecular formula is C86H56. The Morgan fingerprint density at radius 3 is 1.67 bits per heavy atom. The van der Waals surface area contributed by atoms with Gasteiger partial charge in [0.2, 0.25) is 0 Å². The zero-order chi connectivity index (χ0) is 56.5. The van der Waals surface area contributed by atoms with E-state index in [2.05, 4.69) is 315 Å². The summed E-state index contributed by atoms with van der Waals surface area (Å²) in [7, 11) is 0. The second kappa shape index (κ2) is 19.2. The fourth-order valence-corrected chi connectivity index (χ4v) is 16.4. The largest absolute Gasteiger partial charge is 0.0751 e. The highest BCUT2D eigenvalue weighted by Crippen LogP contribution is 2.75. The first-order valence-electron chi connectivity index (χ1n) is 30.4. The van der Waals surface area contributed by atoms with Crippen LogP contribution < -0.4 is 0 Å². The predicted octanol–water partition coefficient (Wildman–Crippen LogP) is 22.1. The number of hydrogen-bond acceptors (Lipinski definition) is 0. The van der Waals surface area contributed by atoms with Crippen LogP contribution in [0.25, 0.3) is 104 Å². The lowest BCUT2D eigenvalue weighted by Crippen LogP contribution is -2.39. The van der Waals surface area contributed by atoms with E-state index in [1.54, 1.807) is 0 Å². The number of allylic oxidation sites excluding steroid dienone is 7. The smallest absolute Gasteiger partial charge is 0.0428 e. The number of fused-ring (bicyclic) bond motifs is 11. The quantitative estimate of drug-likeness (QED) is 0.105. The monoisotopic (exact) mass is 1090 g/mol. The molecule has 0 heterocycles. The normalized spacial score (nSPS) is 17.6. The van der Waals surface area contributed by atoms with Crippen molar-refractivity contribution >= 4 is 82.2 Å². The van der Waals surface area contributed by atoms with E-state index in [-0.39, 0.29) is 11.8 Å². The van der Waals surface area contributed by atoms with E-state index < -0.39 is 5.41 Å². The zero-order valence-corrected chi connectivity index (χ0v) is 47.4. The van der Waals surface area contributed by atoms with E-state index in [0.29, 0.717) is 0 Å². The molecule has 0 amide bonds. The molecule has 0 saturated heterocycles. The maximum Gasteiger partial charge on any atom is 0.0428 e. The van der Waals surface area contributed by atoms with Crippen molar-refractivity contribution in [2.75, 3.05) is 0 Å². The molecule has 4 aliphatic rings. The highest BCUT2D eigenvalue weighted by atomic mass is 14.6. The van der Waals surface area contributed by atoms with Gasteiger partial charge in [-0.2, -0.15) is 0 Å². The van der Waals surface area contributed by atoms with Crippen LogP contribution in [0.4, 0.5) is 0 Å². The second-order valence-corrected chi connectivity index (χ2v) is 24.0. The molecule has 0 saturated carbocycles. The Morgan fingerprint density at radius 1 is 0.302 bits per heavy atom. The molecule has 0 spiro atoms. The van der Waals surface area contributed by atoms with Gasteiger partial charge < -0.3 is 0 Å². The summed E-state index contributed by atoms with van der Waals surface area (Å²) in [6.45, 7) is 0. The van der Waals surface area contributed by atoms with Gasteiger partial charge in [-0.25, -0.2) is 0 Å². The van der Waals surface area contributed by atoms with Crippen LogP contribution in [0.3, 0.4) is 0 Å². The minimum Gasteiger partial charge on any atom is -0.0751 e. The van der Waals surface area contributed by atoms with E-state index >= 15 is 0 Å². The lowest BCUT2D eigenvalue weighted by Gasteiger charge is -2.45. The highest BCUT2D eigenvalue weighted by Gasteiger charge is 2.62. The molecule has 3 unspecified atom stereocenters. The van der Waals surface area contributed by atoms with Crippen LogP contribution in [0.2, 0.25) is 0 Å². The van der Waals surface area contributed by atoms with E-state index in [1.807, 2.05) is 0 Å². The molecule has 0 N–H and O–H groups in total. The molecule has 86 heavy (non-hydrogen) atoms. The SMILES string of the molecule is C1=CC(C2(c3ccccc3)C3=C(c4ccccc4-c4ccccc4)C(c4cccc5ccccc45)=C(c4cccc5cc6ccccc6cc45)C3=C(c3cccc4c3ccc3ccccc34)C2c2cccc3c2Cc2ccccc2-3)c2ccccc21. The molecule has 400 valence electrons. The van der Waals surface area contributed by atoms with E-state index in [1.165, 1.54) is 165 Å². The lowest BCUT2D eigenvalue weighted by atomic mass is 9.55. The van der Waals surface area contributed by atoms with Crippen molar-refractivity contribution in [3.8, 4) is 22.3 Å². The van der Waals surface area contributed by atoms with E-state index in [0.717, 1.165) is 6.42 Å². The number of benzene rings is 14. The molecule has 3 atom stereocenters. The summed E-state index contributed by atoms with van der Waals surface area (Å²) in [5.74, 6) is -0.344. The first kappa shape index (κ1) is 48.8. The second-order valence-electron chi connectivity index (χ2n) is 24.0. The molecule has 0 radical (unpaired) electrons. The summed E-state index contributed by atoms with van der Waals surface area (Å²) < 4.78 is 0. The molecule has 4 aliphatic carbocycles. The van der Waals surface area contributed by atoms with Crippen molar-refractivity contribution in [3.63, 3.8) is 0 Å². The minimum atomic E-state index is -0.786. The molecule has 0 fully saturated rings. The Morgan fingerprint density at radius 2 is 0.849 bits per heavy atom. The summed E-state index contributed by atoms with van der Waals surface area (Å²) in [4.78, 5) is 0. The third kappa shape index (κ3) is 7.05. The van der Waals surface area contributed by atoms with Gasteiger partial charge in [0.1, 0.15) is 0 Å². The molecule has 0 nitrogen and oxygen atoms in total. The van der Waals surface area contributed by atoms with Crippen LogP contribution in [0.15, 0.2) is 321 Å². The van der Waals surface area contributed by atoms with Crippen molar-refractivity contribution in [1.29, 1.82) is 0 Å². The van der Waals surface area contributed by atoms with Crippen molar-refractivity contribution in [2.24, 2.45) is 0 Å². The third-order valence-corrected chi connectivity index (χ3v) is 19.8. The molecule has 18 rings (SSSR count). The maximum absolute atomic E-state index is 2.60. The van der Waals surface area contributed by atoms with Gasteiger partial charge in [-0.15, -0.1) is 0 Å². The standard InChI is InChI=1S/C86H56/c1-3-23-54(24-4-1)65-37-17-18-40-72(65)81-79(71-43-19-31-55-25-9-14-36-64(55)71)80(74-44-20-32-60-51-58-28-7-8-29-59(58)52-76(60)74)83-82(73-45-21-41-68-63-35-13-10-26-56(63)47-49-70(68)73)84(75-46-22-42-69-66-38-15-12-30-61(66)53-77(69)75)86(85(81)83,62-33-5-2-6-34-62)78-50-48-57-27-11-16-39-67(57)78/h1-52,78,84H,53H2. The predicted molar refractivity (Wildman–Crippen MR) is 363 cm³/mol. The van der Waals surface area contributed by atoms with Crippen molar-refractivity contribution in [3.05, 3.63) is 376 Å². The van der Waals surface area contributed by atoms with Crippen LogP contribution in [-0.4, -0.2) is 0 Å². The van der Waals surface area contributed by atoms with Crippen LogP contribution in [0, 0.1) is 0 Å². The summed E-state index contributed by atoms with van der Waals surface area (Å²) in [6, 6.07) is 116. The Balaban J connectivity index is 1.14. The van der Waals surface area contributed by atoms with E-state index in [9.17, 15) is 0 Å². The molecular weight excluding hydrogens is 1030 g/mol. The summed E-state index contributed by atoms with van der Waals surface area (Å²) in [6.07, 6.45) is 5.90. The van der Waals surface area contributed by atoms with Crippen LogP contribution >= 0.6 is 0 Å². The molecule has 0 aliphatic heterocycles. The Bertz CT molecular complexity index is 5310. The van der Waals surface area contributed by atoms with Gasteiger partial charge in [-0.05, 0) is 184 Å². The number of rotatable bonds is 8. The first-order valence-corrected chi connectivity index (χ1v) is 30.4. The average Bonchev–Trinajstić information content (AvgIpc) is 1.59. The van der Waals surface area contributed by atoms with Gasteiger partial charge in [-0.1, -0.05) is 303 Å². The Kier molecular flexibility index (Phi) is 10.9. The molecule has 0 bridgehead atoms. The molecule has 14 aromatic carbocycles. The fraction of sp³-hybridized carbons (Fsp3) is 0.0465. The van der Waals surface area contributed by atoms with Gasteiger partial charge in [0.05, 0.1) is 0 Å². The average molecular weight is 1090 g/mol. The van der Waals surface area contributed by atoms with Crippen molar-refractivity contribution in [2.45, 2.75) is 23.7 Å². The maximum atomic E-state index is 2.60. The zero-order valence-electron chi connectivity index (χ0n) is 47.4. The van der Waals surface area contributed by atoms with Gasteiger partial charge in [0, 0.05) is 17.3 Å². The Labute approximate surface area is 501 Å². The van der Waals surface area contributed by atoms with Gasteiger partial charge in [0.25, 0.3) is 0 Å². The Hall–Kier alpha value is -10.7. The molecule has 0 aromatic heterocycles. The van der Waals surface area contributed by atoms with Crippen LogP contribution in [0.5, 0.6) is 0 Å². The summed E-state index contributed by atoms with van der Waals surface area (Å²) in [5.41, 5.74) is 25.2. The topological polar surface area (TPSA) is 0 Å². The fourth-order valence-electron chi connectivity index (χ4n) is 16.4. The van der Waals surface area contributed by atoms with Gasteiger partial charge in [-0.3, -0.25) is 0 Å². The van der Waals surface area contributed by atoms with Crippen LogP contribution in [-0.2, 0) is 11.8 Å². The van der Waals surface area contributed by atoms with E-state index in [4.69, 9.17) is 0 Å². The van der Waals surface area contributed by atoms with Gasteiger partial charge in [0.15, 0.2) is 0 Å². The first-order chi connectivity index (χ1) is 42.7. The molecule has 14 aromatic rings. The summed E-state index contributed by atoms with van der Waals surface area (Å²) in [5, 5.41) is 12.4. The third-order valence-electron chi connectivity index (χ3n) is 19.8. The lowest BCUT2D eigenvalue weighted by molar-refractivity contribution is 0.441.